The van der Waals surface area contributed by atoms with Gasteiger partial charge in [0.15, 0.2) is 0 Å². The normalized spacial score (nSPS) is 12.3. The number of rotatable bonds is 3. The number of aryl methyl sites for hydroxylation is 3. The van der Waals surface area contributed by atoms with E-state index in [2.05, 4.69) is 12.1 Å². The number of nitrogens with zero attached hydrogens (tertiary/aromatic N) is 1. The quantitative estimate of drug-likeness (QED) is 0.852. The molecule has 0 radical (unpaired) electrons. The molecule has 1 rings (SSSR count). The van der Waals surface area contributed by atoms with E-state index in [0.717, 1.165) is 16.8 Å². The van der Waals surface area contributed by atoms with Crippen LogP contribution in [0.3, 0.4) is 0 Å². The Morgan fingerprint density at radius 1 is 1.25 bits per heavy atom. The summed E-state index contributed by atoms with van der Waals surface area (Å²) < 4.78 is 0. The van der Waals surface area contributed by atoms with Crippen molar-refractivity contribution in [1.29, 1.82) is 0 Å². The number of carboxylic acid groups (broad SMARTS) is 1. The minimum Gasteiger partial charge on any atom is -0.480 e. The van der Waals surface area contributed by atoms with Crippen LogP contribution in [0.2, 0.25) is 0 Å². The van der Waals surface area contributed by atoms with Crippen molar-refractivity contribution in [3.8, 4) is 0 Å². The van der Waals surface area contributed by atoms with E-state index in [1.54, 1.807) is 6.92 Å². The summed E-state index contributed by atoms with van der Waals surface area (Å²) in [5, 5.41) is 9.01. The molecule has 0 aromatic heterocycles. The largest absolute Gasteiger partial charge is 0.480 e. The molecule has 0 spiro atoms. The average molecular weight is 221 g/mol. The highest BCUT2D eigenvalue weighted by molar-refractivity contribution is 5.78. The van der Waals surface area contributed by atoms with E-state index >= 15 is 0 Å². The molecule has 0 saturated carbocycles. The van der Waals surface area contributed by atoms with Crippen molar-refractivity contribution < 1.29 is 9.90 Å². The molecule has 1 N–H and O–H groups in total. The summed E-state index contributed by atoms with van der Waals surface area (Å²) in [4.78, 5) is 12.8. The molecular formula is C13H19NO2. The summed E-state index contributed by atoms with van der Waals surface area (Å²) in [5.41, 5.74) is 4.46. The van der Waals surface area contributed by atoms with Gasteiger partial charge in [0, 0.05) is 12.7 Å². The standard InChI is InChI=1S/C13H19NO2/c1-8-6-9(2)12(10(3)7-8)14(5)11(4)13(15)16/h6-7,11H,1-5H3,(H,15,16). The Hall–Kier alpha value is -1.51. The molecule has 16 heavy (non-hydrogen) atoms. The molecule has 3 nitrogen and oxygen atoms in total. The topological polar surface area (TPSA) is 40.5 Å². The first-order chi connectivity index (χ1) is 7.34. The van der Waals surface area contributed by atoms with E-state index in [-0.39, 0.29) is 0 Å². The highest BCUT2D eigenvalue weighted by atomic mass is 16.4. The molecule has 1 unspecified atom stereocenters. The van der Waals surface area contributed by atoms with Crippen LogP contribution in [0, 0.1) is 20.8 Å². The van der Waals surface area contributed by atoms with E-state index < -0.39 is 12.0 Å². The minimum absolute atomic E-state index is 0.514. The molecule has 0 saturated heterocycles. The molecule has 0 aliphatic rings. The van der Waals surface area contributed by atoms with E-state index in [1.807, 2.05) is 32.7 Å². The van der Waals surface area contributed by atoms with Gasteiger partial charge in [-0.2, -0.15) is 0 Å². The lowest BCUT2D eigenvalue weighted by Crippen LogP contribution is -2.36. The van der Waals surface area contributed by atoms with Crippen molar-refractivity contribution in [3.63, 3.8) is 0 Å². The lowest BCUT2D eigenvalue weighted by molar-refractivity contribution is -0.138. The number of carboxylic acids is 1. The fourth-order valence-corrected chi connectivity index (χ4v) is 2.09. The van der Waals surface area contributed by atoms with Gasteiger partial charge < -0.3 is 10.0 Å². The third-order valence-electron chi connectivity index (χ3n) is 2.93. The van der Waals surface area contributed by atoms with Gasteiger partial charge in [-0.1, -0.05) is 17.7 Å². The summed E-state index contributed by atoms with van der Waals surface area (Å²) in [5.74, 6) is -0.804. The summed E-state index contributed by atoms with van der Waals surface area (Å²) in [7, 11) is 1.82. The van der Waals surface area contributed by atoms with Crippen LogP contribution in [0.25, 0.3) is 0 Å². The molecule has 1 atom stereocenters. The Morgan fingerprint density at radius 3 is 2.06 bits per heavy atom. The first-order valence-corrected chi connectivity index (χ1v) is 5.38. The van der Waals surface area contributed by atoms with Gasteiger partial charge in [-0.15, -0.1) is 0 Å². The van der Waals surface area contributed by atoms with Crippen molar-refractivity contribution in [2.45, 2.75) is 33.7 Å². The van der Waals surface area contributed by atoms with E-state index in [0.29, 0.717) is 0 Å². The third kappa shape index (κ3) is 2.35. The second-order valence-corrected chi connectivity index (χ2v) is 4.37. The van der Waals surface area contributed by atoms with Crippen LogP contribution < -0.4 is 4.90 Å². The first-order valence-electron chi connectivity index (χ1n) is 5.38. The molecule has 1 aromatic carbocycles. The Labute approximate surface area is 96.7 Å². The predicted octanol–water partition coefficient (Wildman–Crippen LogP) is 2.52. The molecule has 88 valence electrons. The van der Waals surface area contributed by atoms with Crippen LogP contribution in [-0.2, 0) is 4.79 Å². The molecule has 0 bridgehead atoms. The maximum absolute atomic E-state index is 11.0. The lowest BCUT2D eigenvalue weighted by atomic mass is 10.0. The smallest absolute Gasteiger partial charge is 0.326 e. The number of carbonyl (C=O) groups is 1. The molecule has 1 aromatic rings. The number of anilines is 1. The molecule has 0 amide bonds. The summed E-state index contributed by atoms with van der Waals surface area (Å²) in [6.07, 6.45) is 0. The first kappa shape index (κ1) is 12.6. The fraction of sp³-hybridized carbons (Fsp3) is 0.462. The number of hydrogen-bond donors (Lipinski definition) is 1. The molecule has 0 aliphatic heterocycles. The third-order valence-corrected chi connectivity index (χ3v) is 2.93. The Bertz CT molecular complexity index is 389. The summed E-state index contributed by atoms with van der Waals surface area (Å²) in [6.45, 7) is 7.77. The van der Waals surface area contributed by atoms with Crippen LogP contribution in [-0.4, -0.2) is 24.2 Å². The number of benzene rings is 1. The Kier molecular flexibility index (Phi) is 3.58. The van der Waals surface area contributed by atoms with Gasteiger partial charge in [-0.05, 0) is 38.8 Å². The zero-order valence-corrected chi connectivity index (χ0v) is 10.5. The highest BCUT2D eigenvalue weighted by Crippen LogP contribution is 2.26. The maximum Gasteiger partial charge on any atom is 0.326 e. The van der Waals surface area contributed by atoms with Gasteiger partial charge in [0.25, 0.3) is 0 Å². The van der Waals surface area contributed by atoms with Crippen molar-refractivity contribution in [3.05, 3.63) is 28.8 Å². The van der Waals surface area contributed by atoms with Crippen LogP contribution in [0.1, 0.15) is 23.6 Å². The molecule has 0 fully saturated rings. The van der Waals surface area contributed by atoms with Crippen LogP contribution in [0.5, 0.6) is 0 Å². The molecule has 3 heteroatoms. The fourth-order valence-electron chi connectivity index (χ4n) is 2.09. The number of hydrogen-bond acceptors (Lipinski definition) is 2. The highest BCUT2D eigenvalue weighted by Gasteiger charge is 2.19. The molecular weight excluding hydrogens is 202 g/mol. The van der Waals surface area contributed by atoms with Crippen molar-refractivity contribution >= 4 is 11.7 Å². The average Bonchev–Trinajstić information content (AvgIpc) is 2.14. The zero-order valence-electron chi connectivity index (χ0n) is 10.5. The second kappa shape index (κ2) is 4.56. The Balaban J connectivity index is 3.18. The van der Waals surface area contributed by atoms with E-state index in [9.17, 15) is 4.79 Å². The van der Waals surface area contributed by atoms with Crippen LogP contribution in [0.4, 0.5) is 5.69 Å². The monoisotopic (exact) mass is 221 g/mol. The lowest BCUT2D eigenvalue weighted by Gasteiger charge is -2.27. The van der Waals surface area contributed by atoms with Crippen LogP contribution >= 0.6 is 0 Å². The summed E-state index contributed by atoms with van der Waals surface area (Å²) in [6, 6.07) is 3.64. The maximum atomic E-state index is 11.0. The minimum atomic E-state index is -0.804. The van der Waals surface area contributed by atoms with Crippen molar-refractivity contribution in [1.82, 2.24) is 0 Å². The van der Waals surface area contributed by atoms with Gasteiger partial charge in [0.1, 0.15) is 6.04 Å². The van der Waals surface area contributed by atoms with Crippen LogP contribution in [0.15, 0.2) is 12.1 Å². The van der Waals surface area contributed by atoms with Gasteiger partial charge in [-0.25, -0.2) is 4.79 Å². The van der Waals surface area contributed by atoms with Gasteiger partial charge in [-0.3, -0.25) is 0 Å². The van der Waals surface area contributed by atoms with Crippen molar-refractivity contribution in [2.75, 3.05) is 11.9 Å². The van der Waals surface area contributed by atoms with E-state index in [4.69, 9.17) is 5.11 Å². The van der Waals surface area contributed by atoms with Crippen molar-refractivity contribution in [2.24, 2.45) is 0 Å². The number of likely N-dealkylation sites (N-methyl/N-ethyl adjacent to an activating group) is 1. The Morgan fingerprint density at radius 2 is 1.69 bits per heavy atom. The molecule has 0 heterocycles. The van der Waals surface area contributed by atoms with Gasteiger partial charge in [0.2, 0.25) is 0 Å². The predicted molar refractivity (Wildman–Crippen MR) is 66.2 cm³/mol. The zero-order chi connectivity index (χ0) is 12.5. The SMILES string of the molecule is Cc1cc(C)c(N(C)C(C)C(=O)O)c(C)c1. The molecule has 0 aliphatic carbocycles. The van der Waals surface area contributed by atoms with Gasteiger partial charge >= 0.3 is 5.97 Å². The van der Waals surface area contributed by atoms with E-state index in [1.165, 1.54) is 5.56 Å². The summed E-state index contributed by atoms with van der Waals surface area (Å²) >= 11 is 0. The number of aliphatic carboxylic acids is 1. The van der Waals surface area contributed by atoms with Gasteiger partial charge in [0.05, 0.1) is 0 Å². The second-order valence-electron chi connectivity index (χ2n) is 4.37.